The van der Waals surface area contributed by atoms with E-state index in [4.69, 9.17) is 19.3 Å². The Bertz CT molecular complexity index is 1590. The van der Waals surface area contributed by atoms with Gasteiger partial charge >= 0.3 is 0 Å². The third kappa shape index (κ3) is 2.93. The number of methoxy groups -OCH3 is 1. The van der Waals surface area contributed by atoms with Crippen molar-refractivity contribution in [2.75, 3.05) is 13.9 Å². The Hall–Kier alpha value is -4.40. The van der Waals surface area contributed by atoms with Gasteiger partial charge in [0.05, 0.1) is 24.1 Å². The van der Waals surface area contributed by atoms with Crippen LogP contribution >= 0.6 is 0 Å². The Balaban J connectivity index is 1.54. The van der Waals surface area contributed by atoms with E-state index in [2.05, 4.69) is 10.2 Å². The second-order valence-corrected chi connectivity index (χ2v) is 7.60. The summed E-state index contributed by atoms with van der Waals surface area (Å²) in [6.07, 6.45) is 2.42. The van der Waals surface area contributed by atoms with Gasteiger partial charge in [-0.25, -0.2) is 4.52 Å². The number of hydrogen-bond donors (Lipinski definition) is 0. The standard InChI is InChI=1S/C24H19N5O4/c1-3-17-21(14-4-7-16(31-2)8-5-14)23-26-25-22-18(29(23)27-17)10-11-28(24(22)30)15-6-9-19-20(12-15)33-13-32-19/h4-12H,3,13H2,1-2H3. The topological polar surface area (TPSA) is 92.8 Å². The number of hydrogen-bond acceptors (Lipinski definition) is 7. The second-order valence-electron chi connectivity index (χ2n) is 7.60. The van der Waals surface area contributed by atoms with E-state index in [1.165, 1.54) is 4.57 Å². The molecule has 0 aliphatic carbocycles. The van der Waals surface area contributed by atoms with Crippen LogP contribution in [-0.4, -0.2) is 38.3 Å². The number of ether oxygens (including phenoxy) is 3. The van der Waals surface area contributed by atoms with Gasteiger partial charge in [-0.1, -0.05) is 19.1 Å². The van der Waals surface area contributed by atoms with Gasteiger partial charge in [-0.15, -0.1) is 10.2 Å². The van der Waals surface area contributed by atoms with Crippen molar-refractivity contribution in [3.63, 3.8) is 0 Å². The fraction of sp³-hybridized carbons (Fsp3) is 0.167. The predicted molar refractivity (Wildman–Crippen MR) is 121 cm³/mol. The molecule has 0 saturated heterocycles. The lowest BCUT2D eigenvalue weighted by Crippen LogP contribution is -2.20. The molecule has 2 aromatic carbocycles. The largest absolute Gasteiger partial charge is 0.497 e. The maximum atomic E-state index is 13.3. The summed E-state index contributed by atoms with van der Waals surface area (Å²) in [4.78, 5) is 13.3. The number of aryl methyl sites for hydroxylation is 1. The van der Waals surface area contributed by atoms with Crippen LogP contribution in [0.25, 0.3) is 33.5 Å². The number of aromatic nitrogens is 5. The van der Waals surface area contributed by atoms with Gasteiger partial charge in [0, 0.05) is 12.3 Å². The van der Waals surface area contributed by atoms with Crippen molar-refractivity contribution in [2.24, 2.45) is 0 Å². The van der Waals surface area contributed by atoms with Crippen LogP contribution in [0.3, 0.4) is 0 Å². The average molecular weight is 441 g/mol. The van der Waals surface area contributed by atoms with E-state index in [0.29, 0.717) is 34.8 Å². The molecule has 0 spiro atoms. The highest BCUT2D eigenvalue weighted by Crippen LogP contribution is 2.34. The maximum absolute atomic E-state index is 13.3. The Morgan fingerprint density at radius 3 is 2.64 bits per heavy atom. The number of pyridine rings is 1. The third-order valence-electron chi connectivity index (χ3n) is 5.80. The van der Waals surface area contributed by atoms with Crippen LogP contribution < -0.4 is 19.8 Å². The molecule has 0 N–H and O–H groups in total. The SMILES string of the molecule is CCc1nn2c(nnc3c(=O)n(-c4ccc5c(c4)OCO5)ccc32)c1-c1ccc(OC)cc1. The van der Waals surface area contributed by atoms with Crippen molar-refractivity contribution in [3.8, 4) is 34.1 Å². The van der Waals surface area contributed by atoms with Gasteiger partial charge in [0.1, 0.15) is 11.3 Å². The van der Waals surface area contributed by atoms with E-state index in [0.717, 1.165) is 22.6 Å². The van der Waals surface area contributed by atoms with Crippen LogP contribution in [0.1, 0.15) is 12.6 Å². The van der Waals surface area contributed by atoms with Crippen LogP contribution in [0.5, 0.6) is 17.2 Å². The molecule has 0 saturated carbocycles. The molecule has 1 aliphatic heterocycles. The van der Waals surface area contributed by atoms with Crippen molar-refractivity contribution >= 4 is 16.7 Å². The molecule has 4 heterocycles. The summed E-state index contributed by atoms with van der Waals surface area (Å²) in [7, 11) is 1.63. The van der Waals surface area contributed by atoms with Gasteiger partial charge in [-0.2, -0.15) is 5.10 Å². The first kappa shape index (κ1) is 19.3. The summed E-state index contributed by atoms with van der Waals surface area (Å²) in [5.41, 5.74) is 4.53. The molecule has 0 fully saturated rings. The molecule has 5 aromatic rings. The van der Waals surface area contributed by atoms with Gasteiger partial charge in [0.25, 0.3) is 5.56 Å². The molecule has 1 aliphatic rings. The van der Waals surface area contributed by atoms with Crippen molar-refractivity contribution < 1.29 is 14.2 Å². The maximum Gasteiger partial charge on any atom is 0.285 e. The van der Waals surface area contributed by atoms with Crippen LogP contribution in [0.2, 0.25) is 0 Å². The van der Waals surface area contributed by atoms with E-state index in [9.17, 15) is 4.79 Å². The van der Waals surface area contributed by atoms with Gasteiger partial charge in [0.15, 0.2) is 22.7 Å². The molecule has 3 aromatic heterocycles. The van der Waals surface area contributed by atoms with Crippen molar-refractivity contribution in [3.05, 3.63) is 70.8 Å². The van der Waals surface area contributed by atoms with E-state index < -0.39 is 0 Å². The van der Waals surface area contributed by atoms with Crippen LogP contribution in [-0.2, 0) is 6.42 Å². The van der Waals surface area contributed by atoms with Crippen LogP contribution in [0, 0.1) is 0 Å². The Morgan fingerprint density at radius 1 is 1.03 bits per heavy atom. The highest BCUT2D eigenvalue weighted by Gasteiger charge is 2.20. The zero-order valence-electron chi connectivity index (χ0n) is 18.0. The lowest BCUT2D eigenvalue weighted by molar-refractivity contribution is 0.174. The molecule has 0 amide bonds. The summed E-state index contributed by atoms with van der Waals surface area (Å²) >= 11 is 0. The molecular weight excluding hydrogens is 422 g/mol. The lowest BCUT2D eigenvalue weighted by Gasteiger charge is -2.08. The highest BCUT2D eigenvalue weighted by atomic mass is 16.7. The highest BCUT2D eigenvalue weighted by molar-refractivity contribution is 5.85. The summed E-state index contributed by atoms with van der Waals surface area (Å²) in [5, 5.41) is 13.5. The van der Waals surface area contributed by atoms with Gasteiger partial charge in [-0.3, -0.25) is 9.36 Å². The molecule has 33 heavy (non-hydrogen) atoms. The fourth-order valence-electron chi connectivity index (χ4n) is 4.13. The number of nitrogens with zero attached hydrogens (tertiary/aromatic N) is 5. The molecule has 6 rings (SSSR count). The summed E-state index contributed by atoms with van der Waals surface area (Å²) in [6, 6.07) is 14.9. The second kappa shape index (κ2) is 7.33. The summed E-state index contributed by atoms with van der Waals surface area (Å²) in [6.45, 7) is 2.21. The minimum atomic E-state index is -0.291. The first-order valence-electron chi connectivity index (χ1n) is 10.5. The van der Waals surface area contributed by atoms with Crippen molar-refractivity contribution in [2.45, 2.75) is 13.3 Å². The van der Waals surface area contributed by atoms with Gasteiger partial charge in [-0.05, 0) is 42.3 Å². The van der Waals surface area contributed by atoms with Crippen molar-refractivity contribution in [1.82, 2.24) is 24.4 Å². The number of benzene rings is 2. The molecule has 0 bridgehead atoms. The van der Waals surface area contributed by atoms with E-state index >= 15 is 0 Å². The molecule has 0 atom stereocenters. The predicted octanol–water partition coefficient (Wildman–Crippen LogP) is 3.40. The summed E-state index contributed by atoms with van der Waals surface area (Å²) < 4.78 is 19.3. The van der Waals surface area contributed by atoms with Crippen LogP contribution in [0.4, 0.5) is 0 Å². The smallest absolute Gasteiger partial charge is 0.285 e. The normalized spacial score (nSPS) is 12.5. The number of fused-ring (bicyclic) bond motifs is 4. The van der Waals surface area contributed by atoms with Gasteiger partial charge < -0.3 is 14.2 Å². The molecule has 0 radical (unpaired) electrons. The molecule has 0 unspecified atom stereocenters. The first-order chi connectivity index (χ1) is 16.2. The van der Waals surface area contributed by atoms with E-state index in [1.807, 2.05) is 37.3 Å². The summed E-state index contributed by atoms with van der Waals surface area (Å²) in [5.74, 6) is 2.03. The Labute approximate surface area is 187 Å². The zero-order valence-corrected chi connectivity index (χ0v) is 18.0. The molecular formula is C24H19N5O4. The Morgan fingerprint density at radius 2 is 1.85 bits per heavy atom. The molecule has 164 valence electrons. The van der Waals surface area contributed by atoms with Crippen LogP contribution in [0.15, 0.2) is 59.5 Å². The quantitative estimate of drug-likeness (QED) is 0.422. The van der Waals surface area contributed by atoms with E-state index in [1.54, 1.807) is 36.0 Å². The Kier molecular flexibility index (Phi) is 4.29. The first-order valence-corrected chi connectivity index (χ1v) is 10.5. The fourth-order valence-corrected chi connectivity index (χ4v) is 4.13. The van der Waals surface area contributed by atoms with Gasteiger partial charge in [0.2, 0.25) is 6.79 Å². The monoisotopic (exact) mass is 441 g/mol. The lowest BCUT2D eigenvalue weighted by atomic mass is 10.0. The van der Waals surface area contributed by atoms with Crippen molar-refractivity contribution in [1.29, 1.82) is 0 Å². The average Bonchev–Trinajstić information content (AvgIpc) is 3.48. The zero-order chi connectivity index (χ0) is 22.5. The minimum absolute atomic E-state index is 0.171. The number of rotatable bonds is 4. The minimum Gasteiger partial charge on any atom is -0.497 e. The molecule has 9 heteroatoms. The molecule has 9 nitrogen and oxygen atoms in total. The third-order valence-corrected chi connectivity index (χ3v) is 5.80. The van der Waals surface area contributed by atoms with E-state index in [-0.39, 0.29) is 17.9 Å².